The van der Waals surface area contributed by atoms with Gasteiger partial charge in [0.15, 0.2) is 5.69 Å². The number of fused-ring (bicyclic) bond motifs is 1. The van der Waals surface area contributed by atoms with Gasteiger partial charge in [-0.2, -0.15) is 5.10 Å². The van der Waals surface area contributed by atoms with Crippen LogP contribution in [-0.4, -0.2) is 22.2 Å². The van der Waals surface area contributed by atoms with Gasteiger partial charge < -0.3 is 5.32 Å². The number of hydrogen-bond donors (Lipinski definition) is 1. The lowest BCUT2D eigenvalue weighted by Gasteiger charge is -2.09. The number of rotatable bonds is 4. The number of aryl methyl sites for hydroxylation is 1. The average Bonchev–Trinajstić information content (AvgIpc) is 2.59. The molecule has 0 fully saturated rings. The molecular weight excluding hydrogens is 290 g/mol. The van der Waals surface area contributed by atoms with Crippen molar-refractivity contribution in [2.45, 2.75) is 6.42 Å². The minimum atomic E-state index is -0.271. The summed E-state index contributed by atoms with van der Waals surface area (Å²) in [7, 11) is 1.55. The van der Waals surface area contributed by atoms with Crippen LogP contribution in [0, 0.1) is 0 Å². The predicted octanol–water partition coefficient (Wildman–Crippen LogP) is 1.91. The fraction of sp³-hybridized carbons (Fsp3) is 0.167. The summed E-state index contributed by atoms with van der Waals surface area (Å²) < 4.78 is 1.20. The fourth-order valence-electron chi connectivity index (χ4n) is 2.52. The number of nitrogens with one attached hydrogen (secondary N) is 1. The van der Waals surface area contributed by atoms with Gasteiger partial charge in [-0.15, -0.1) is 0 Å². The molecular formula is C18H17N3O2. The highest BCUT2D eigenvalue weighted by Crippen LogP contribution is 2.12. The standard InChI is InChI=1S/C18H17N3O2/c1-21-18(23)15-10-6-5-9-14(15)16(20-21)17(22)19-12-11-13-7-3-2-4-8-13/h2-10H,11-12H2,1H3,(H,19,22). The van der Waals surface area contributed by atoms with E-state index in [4.69, 9.17) is 0 Å². The molecule has 0 atom stereocenters. The summed E-state index contributed by atoms with van der Waals surface area (Å²) in [5.41, 5.74) is 1.23. The van der Waals surface area contributed by atoms with Crippen LogP contribution in [-0.2, 0) is 13.5 Å². The summed E-state index contributed by atoms with van der Waals surface area (Å²) in [6.45, 7) is 0.516. The van der Waals surface area contributed by atoms with E-state index in [2.05, 4.69) is 10.4 Å². The van der Waals surface area contributed by atoms with Crippen molar-refractivity contribution < 1.29 is 4.79 Å². The summed E-state index contributed by atoms with van der Waals surface area (Å²) in [4.78, 5) is 24.5. The lowest BCUT2D eigenvalue weighted by atomic mass is 10.1. The molecule has 5 heteroatoms. The Morgan fingerprint density at radius 3 is 2.43 bits per heavy atom. The number of amides is 1. The minimum Gasteiger partial charge on any atom is -0.350 e. The molecule has 1 aromatic heterocycles. The van der Waals surface area contributed by atoms with Gasteiger partial charge in [0.2, 0.25) is 0 Å². The summed E-state index contributed by atoms with van der Waals surface area (Å²) in [6, 6.07) is 17.0. The van der Waals surface area contributed by atoms with Gasteiger partial charge in [-0.1, -0.05) is 48.5 Å². The van der Waals surface area contributed by atoms with Crippen LogP contribution in [0.5, 0.6) is 0 Å². The number of benzene rings is 2. The molecule has 116 valence electrons. The van der Waals surface area contributed by atoms with E-state index < -0.39 is 0 Å². The van der Waals surface area contributed by atoms with Gasteiger partial charge in [0.1, 0.15) is 0 Å². The molecule has 0 unspecified atom stereocenters. The molecule has 3 aromatic rings. The smallest absolute Gasteiger partial charge is 0.274 e. The van der Waals surface area contributed by atoms with E-state index >= 15 is 0 Å². The van der Waals surface area contributed by atoms with Crippen molar-refractivity contribution >= 4 is 16.7 Å². The average molecular weight is 307 g/mol. The third-order valence-electron chi connectivity index (χ3n) is 3.71. The van der Waals surface area contributed by atoms with E-state index in [9.17, 15) is 9.59 Å². The molecule has 0 aliphatic carbocycles. The molecule has 5 nitrogen and oxygen atoms in total. The molecule has 0 spiro atoms. The molecule has 2 aromatic carbocycles. The second-order valence-corrected chi connectivity index (χ2v) is 5.31. The Bertz CT molecular complexity index is 901. The van der Waals surface area contributed by atoms with E-state index in [0.717, 1.165) is 12.0 Å². The first kappa shape index (κ1) is 15.0. The zero-order chi connectivity index (χ0) is 16.2. The van der Waals surface area contributed by atoms with E-state index in [0.29, 0.717) is 17.3 Å². The first-order valence-corrected chi connectivity index (χ1v) is 7.45. The molecule has 1 amide bonds. The summed E-state index contributed by atoms with van der Waals surface area (Å²) in [5.74, 6) is -0.271. The highest BCUT2D eigenvalue weighted by Gasteiger charge is 2.14. The molecule has 0 aliphatic rings. The lowest BCUT2D eigenvalue weighted by molar-refractivity contribution is 0.0949. The molecule has 0 radical (unpaired) electrons. The molecule has 1 N–H and O–H groups in total. The van der Waals surface area contributed by atoms with Gasteiger partial charge >= 0.3 is 0 Å². The highest BCUT2D eigenvalue weighted by molar-refractivity contribution is 6.04. The third-order valence-corrected chi connectivity index (χ3v) is 3.71. The zero-order valence-electron chi connectivity index (χ0n) is 12.8. The normalized spacial score (nSPS) is 10.7. The molecule has 23 heavy (non-hydrogen) atoms. The van der Waals surface area contributed by atoms with Crippen LogP contribution >= 0.6 is 0 Å². The second-order valence-electron chi connectivity index (χ2n) is 5.31. The maximum absolute atomic E-state index is 12.4. The maximum atomic E-state index is 12.4. The second kappa shape index (κ2) is 6.44. The van der Waals surface area contributed by atoms with Crippen molar-refractivity contribution in [3.63, 3.8) is 0 Å². The van der Waals surface area contributed by atoms with Gasteiger partial charge in [0.25, 0.3) is 11.5 Å². The van der Waals surface area contributed by atoms with Crippen LogP contribution in [0.3, 0.4) is 0 Å². The first-order valence-electron chi connectivity index (χ1n) is 7.45. The Morgan fingerprint density at radius 1 is 1.04 bits per heavy atom. The maximum Gasteiger partial charge on any atom is 0.274 e. The Morgan fingerprint density at radius 2 is 1.70 bits per heavy atom. The Labute approximate surface area is 133 Å². The molecule has 1 heterocycles. The summed E-state index contributed by atoms with van der Waals surface area (Å²) >= 11 is 0. The van der Waals surface area contributed by atoms with Crippen LogP contribution in [0.1, 0.15) is 16.1 Å². The van der Waals surface area contributed by atoms with Gasteiger partial charge in [-0.3, -0.25) is 9.59 Å². The number of aromatic nitrogens is 2. The topological polar surface area (TPSA) is 64.0 Å². The summed E-state index contributed by atoms with van der Waals surface area (Å²) in [6.07, 6.45) is 0.746. The van der Waals surface area contributed by atoms with Gasteiger partial charge in [-0.25, -0.2) is 4.68 Å². The lowest BCUT2D eigenvalue weighted by Crippen LogP contribution is -2.30. The first-order chi connectivity index (χ1) is 11.2. The monoisotopic (exact) mass is 307 g/mol. The van der Waals surface area contributed by atoms with E-state index in [1.165, 1.54) is 4.68 Å². The van der Waals surface area contributed by atoms with Crippen molar-refractivity contribution in [3.8, 4) is 0 Å². The van der Waals surface area contributed by atoms with Gasteiger partial charge in [0.05, 0.1) is 5.39 Å². The van der Waals surface area contributed by atoms with Crippen molar-refractivity contribution in [2.75, 3.05) is 6.54 Å². The number of carbonyl (C=O) groups is 1. The van der Waals surface area contributed by atoms with Crippen molar-refractivity contribution in [1.82, 2.24) is 15.1 Å². The highest BCUT2D eigenvalue weighted by atomic mass is 16.2. The molecule has 0 aliphatic heterocycles. The van der Waals surface area contributed by atoms with E-state index in [1.807, 2.05) is 30.3 Å². The number of hydrogen-bond acceptors (Lipinski definition) is 3. The number of nitrogens with zero attached hydrogens (tertiary/aromatic N) is 2. The third kappa shape index (κ3) is 3.13. The molecule has 0 saturated heterocycles. The molecule has 0 bridgehead atoms. The van der Waals surface area contributed by atoms with E-state index in [-0.39, 0.29) is 17.2 Å². The fourth-order valence-corrected chi connectivity index (χ4v) is 2.52. The SMILES string of the molecule is Cn1nc(C(=O)NCCc2ccccc2)c2ccccc2c1=O. The van der Waals surface area contributed by atoms with E-state index in [1.54, 1.807) is 31.3 Å². The van der Waals surface area contributed by atoms with Crippen molar-refractivity contribution in [1.29, 1.82) is 0 Å². The van der Waals surface area contributed by atoms with Crippen LogP contribution in [0.15, 0.2) is 59.4 Å². The van der Waals surface area contributed by atoms with Crippen LogP contribution in [0.25, 0.3) is 10.8 Å². The summed E-state index contributed by atoms with van der Waals surface area (Å²) in [5, 5.41) is 8.06. The Kier molecular flexibility index (Phi) is 4.19. The molecule has 3 rings (SSSR count). The Hall–Kier alpha value is -2.95. The quantitative estimate of drug-likeness (QED) is 0.801. The van der Waals surface area contributed by atoms with Crippen LogP contribution < -0.4 is 10.9 Å². The van der Waals surface area contributed by atoms with Crippen LogP contribution in [0.2, 0.25) is 0 Å². The Balaban J connectivity index is 1.81. The predicted molar refractivity (Wildman–Crippen MR) is 89.5 cm³/mol. The zero-order valence-corrected chi connectivity index (χ0v) is 12.8. The minimum absolute atomic E-state index is 0.207. The van der Waals surface area contributed by atoms with Crippen LogP contribution in [0.4, 0.5) is 0 Å². The van der Waals surface area contributed by atoms with Crippen molar-refractivity contribution in [3.05, 3.63) is 76.2 Å². The van der Waals surface area contributed by atoms with Gasteiger partial charge in [-0.05, 0) is 18.1 Å². The molecule has 0 saturated carbocycles. The number of carbonyl (C=O) groups excluding carboxylic acids is 1. The van der Waals surface area contributed by atoms with Crippen molar-refractivity contribution in [2.24, 2.45) is 7.05 Å². The largest absolute Gasteiger partial charge is 0.350 e. The van der Waals surface area contributed by atoms with Gasteiger partial charge in [0, 0.05) is 19.0 Å².